The van der Waals surface area contributed by atoms with E-state index in [0.29, 0.717) is 29.7 Å². The highest BCUT2D eigenvalue weighted by Crippen LogP contribution is 2.14. The van der Waals surface area contributed by atoms with E-state index < -0.39 is 0 Å². The van der Waals surface area contributed by atoms with Crippen LogP contribution in [0.15, 0.2) is 36.7 Å². The highest BCUT2D eigenvalue weighted by molar-refractivity contribution is 6.29. The van der Waals surface area contributed by atoms with Crippen LogP contribution in [-0.4, -0.2) is 22.5 Å². The first-order chi connectivity index (χ1) is 9.70. The molecule has 0 saturated carbocycles. The van der Waals surface area contributed by atoms with E-state index in [1.54, 1.807) is 24.4 Å². The Morgan fingerprint density at radius 1 is 1.35 bits per heavy atom. The van der Waals surface area contributed by atoms with Crippen molar-refractivity contribution in [1.29, 1.82) is 0 Å². The molecule has 6 heteroatoms. The highest BCUT2D eigenvalue weighted by atomic mass is 35.5. The quantitative estimate of drug-likeness (QED) is 0.860. The average molecular weight is 292 g/mol. The van der Waals surface area contributed by atoms with Crippen molar-refractivity contribution in [2.75, 3.05) is 6.61 Å². The van der Waals surface area contributed by atoms with Gasteiger partial charge in [0.1, 0.15) is 5.15 Å². The third kappa shape index (κ3) is 3.68. The first-order valence-corrected chi connectivity index (χ1v) is 6.55. The molecule has 1 N–H and O–H groups in total. The van der Waals surface area contributed by atoms with Crippen molar-refractivity contribution in [2.24, 2.45) is 0 Å². The number of nitrogens with one attached hydrogen (secondary N) is 1. The summed E-state index contributed by atoms with van der Waals surface area (Å²) in [5.41, 5.74) is 1.28. The maximum atomic E-state index is 11.9. The van der Waals surface area contributed by atoms with E-state index in [2.05, 4.69) is 15.3 Å². The molecule has 0 atom stereocenters. The Balaban J connectivity index is 2.01. The van der Waals surface area contributed by atoms with Gasteiger partial charge in [0, 0.05) is 24.5 Å². The number of carbonyl (C=O) groups excluding carboxylic acids is 1. The van der Waals surface area contributed by atoms with Crippen LogP contribution in [0.5, 0.6) is 5.88 Å². The Hall–Kier alpha value is -2.14. The predicted molar refractivity (Wildman–Crippen MR) is 75.8 cm³/mol. The predicted octanol–water partition coefficient (Wildman–Crippen LogP) is 2.46. The summed E-state index contributed by atoms with van der Waals surface area (Å²) in [6.07, 6.45) is 3.09. The summed E-state index contributed by atoms with van der Waals surface area (Å²) in [6, 6.07) is 6.86. The Morgan fingerprint density at radius 2 is 2.20 bits per heavy atom. The Bertz CT molecular complexity index is 587. The molecule has 0 saturated heterocycles. The maximum absolute atomic E-state index is 11.9. The van der Waals surface area contributed by atoms with Crippen molar-refractivity contribution >= 4 is 17.5 Å². The minimum absolute atomic E-state index is 0.222. The standard InChI is InChI=1S/C14H14ClN3O2/c1-2-20-14-11(4-3-7-16-14)9-18-13(19)10-5-6-12(15)17-8-10/h3-8H,2,9H2,1H3,(H,18,19). The van der Waals surface area contributed by atoms with Crippen LogP contribution in [0.1, 0.15) is 22.8 Å². The van der Waals surface area contributed by atoms with Gasteiger partial charge in [-0.05, 0) is 25.1 Å². The molecule has 2 heterocycles. The van der Waals surface area contributed by atoms with Crippen molar-refractivity contribution in [3.63, 3.8) is 0 Å². The van der Waals surface area contributed by atoms with E-state index in [4.69, 9.17) is 16.3 Å². The first-order valence-electron chi connectivity index (χ1n) is 6.17. The van der Waals surface area contributed by atoms with Gasteiger partial charge in [0.25, 0.3) is 5.91 Å². The number of amides is 1. The number of ether oxygens (including phenoxy) is 1. The fourth-order valence-electron chi connectivity index (χ4n) is 1.61. The molecule has 0 bridgehead atoms. The summed E-state index contributed by atoms with van der Waals surface area (Å²) in [6.45, 7) is 2.75. The maximum Gasteiger partial charge on any atom is 0.253 e. The molecule has 0 fully saturated rings. The smallest absolute Gasteiger partial charge is 0.253 e. The zero-order chi connectivity index (χ0) is 14.4. The minimum Gasteiger partial charge on any atom is -0.478 e. The number of pyridine rings is 2. The SMILES string of the molecule is CCOc1ncccc1CNC(=O)c1ccc(Cl)nc1. The molecule has 2 aromatic heterocycles. The fraction of sp³-hybridized carbons (Fsp3) is 0.214. The number of halogens is 1. The van der Waals surface area contributed by atoms with E-state index >= 15 is 0 Å². The van der Waals surface area contributed by atoms with Crippen molar-refractivity contribution in [3.05, 3.63) is 52.9 Å². The van der Waals surface area contributed by atoms with E-state index in [1.165, 1.54) is 6.20 Å². The summed E-state index contributed by atoms with van der Waals surface area (Å²) >= 11 is 5.68. The zero-order valence-electron chi connectivity index (χ0n) is 11.0. The van der Waals surface area contributed by atoms with Gasteiger partial charge < -0.3 is 10.1 Å². The molecular formula is C14H14ClN3O2. The number of aromatic nitrogens is 2. The summed E-state index contributed by atoms with van der Waals surface area (Å²) in [5.74, 6) is 0.310. The summed E-state index contributed by atoms with van der Waals surface area (Å²) in [4.78, 5) is 19.9. The topological polar surface area (TPSA) is 64.1 Å². The van der Waals surface area contributed by atoms with E-state index in [9.17, 15) is 4.79 Å². The third-order valence-corrected chi connectivity index (χ3v) is 2.78. The van der Waals surface area contributed by atoms with Gasteiger partial charge in [0.05, 0.1) is 12.2 Å². The fourth-order valence-corrected chi connectivity index (χ4v) is 1.72. The molecule has 1 amide bonds. The van der Waals surface area contributed by atoms with Crippen LogP contribution in [0.3, 0.4) is 0 Å². The van der Waals surface area contributed by atoms with Gasteiger partial charge >= 0.3 is 0 Å². The van der Waals surface area contributed by atoms with Gasteiger partial charge in [-0.1, -0.05) is 17.7 Å². The van der Waals surface area contributed by atoms with Crippen LogP contribution in [0.4, 0.5) is 0 Å². The second kappa shape index (κ2) is 6.86. The molecule has 2 rings (SSSR count). The monoisotopic (exact) mass is 291 g/mol. The van der Waals surface area contributed by atoms with Crippen molar-refractivity contribution in [2.45, 2.75) is 13.5 Å². The Labute approximate surface area is 122 Å². The van der Waals surface area contributed by atoms with Gasteiger partial charge in [0.15, 0.2) is 0 Å². The molecule has 2 aromatic rings. The number of rotatable bonds is 5. The zero-order valence-corrected chi connectivity index (χ0v) is 11.7. The second-order valence-electron chi connectivity index (χ2n) is 3.95. The number of hydrogen-bond acceptors (Lipinski definition) is 4. The number of carbonyl (C=O) groups is 1. The summed E-state index contributed by atoms with van der Waals surface area (Å²) in [5, 5.41) is 3.15. The number of hydrogen-bond donors (Lipinski definition) is 1. The summed E-state index contributed by atoms with van der Waals surface area (Å²) < 4.78 is 5.40. The highest BCUT2D eigenvalue weighted by Gasteiger charge is 2.08. The molecule has 0 aliphatic rings. The summed E-state index contributed by atoms with van der Waals surface area (Å²) in [7, 11) is 0. The lowest BCUT2D eigenvalue weighted by Crippen LogP contribution is -2.23. The van der Waals surface area contributed by atoms with Gasteiger partial charge in [-0.2, -0.15) is 0 Å². The Morgan fingerprint density at radius 3 is 2.90 bits per heavy atom. The molecule has 0 spiro atoms. The van der Waals surface area contributed by atoms with E-state index in [0.717, 1.165) is 5.56 Å². The molecule has 0 aliphatic heterocycles. The second-order valence-corrected chi connectivity index (χ2v) is 4.34. The van der Waals surface area contributed by atoms with Crippen LogP contribution in [0, 0.1) is 0 Å². The molecule has 0 aliphatic carbocycles. The van der Waals surface area contributed by atoms with Crippen molar-refractivity contribution < 1.29 is 9.53 Å². The molecule has 0 aromatic carbocycles. The van der Waals surface area contributed by atoms with E-state index in [-0.39, 0.29) is 5.91 Å². The normalized spacial score (nSPS) is 10.1. The van der Waals surface area contributed by atoms with Crippen LogP contribution in [0.25, 0.3) is 0 Å². The largest absolute Gasteiger partial charge is 0.478 e. The average Bonchev–Trinajstić information content (AvgIpc) is 2.47. The van der Waals surface area contributed by atoms with Gasteiger partial charge in [-0.3, -0.25) is 4.79 Å². The lowest BCUT2D eigenvalue weighted by atomic mass is 10.2. The lowest BCUT2D eigenvalue weighted by Gasteiger charge is -2.09. The van der Waals surface area contributed by atoms with Crippen molar-refractivity contribution in [1.82, 2.24) is 15.3 Å². The molecule has 104 valence electrons. The van der Waals surface area contributed by atoms with Crippen LogP contribution in [-0.2, 0) is 6.54 Å². The molecule has 0 radical (unpaired) electrons. The van der Waals surface area contributed by atoms with Gasteiger partial charge in [-0.15, -0.1) is 0 Å². The third-order valence-electron chi connectivity index (χ3n) is 2.56. The molecule has 20 heavy (non-hydrogen) atoms. The van der Waals surface area contributed by atoms with Crippen LogP contribution >= 0.6 is 11.6 Å². The van der Waals surface area contributed by atoms with Crippen LogP contribution < -0.4 is 10.1 Å². The minimum atomic E-state index is -0.222. The molecule has 0 unspecified atom stereocenters. The lowest BCUT2D eigenvalue weighted by molar-refractivity contribution is 0.0950. The molecule has 5 nitrogen and oxygen atoms in total. The van der Waals surface area contributed by atoms with E-state index in [1.807, 2.05) is 13.0 Å². The Kier molecular flexibility index (Phi) is 4.90. The number of nitrogens with zero attached hydrogens (tertiary/aromatic N) is 2. The van der Waals surface area contributed by atoms with Crippen LogP contribution in [0.2, 0.25) is 5.15 Å². The van der Waals surface area contributed by atoms with Gasteiger partial charge in [0.2, 0.25) is 5.88 Å². The first kappa shape index (κ1) is 14.3. The van der Waals surface area contributed by atoms with Gasteiger partial charge in [-0.25, -0.2) is 9.97 Å². The molecular weight excluding hydrogens is 278 g/mol. The van der Waals surface area contributed by atoms with Crippen molar-refractivity contribution in [3.8, 4) is 5.88 Å².